The normalized spacial score (nSPS) is 11.3. The summed E-state index contributed by atoms with van der Waals surface area (Å²) in [6, 6.07) is 3.88. The van der Waals surface area contributed by atoms with Crippen LogP contribution in [0.15, 0.2) is 11.6 Å². The van der Waals surface area contributed by atoms with Gasteiger partial charge in [0.2, 0.25) is 0 Å². The van der Waals surface area contributed by atoms with Crippen LogP contribution >= 0.6 is 0 Å². The van der Waals surface area contributed by atoms with Crippen LogP contribution < -0.4 is 5.32 Å². The molecule has 0 radical (unpaired) electrons. The topological polar surface area (TPSA) is 84.1 Å². The van der Waals surface area contributed by atoms with Crippen LogP contribution in [0.5, 0.6) is 0 Å². The minimum atomic E-state index is -0.785. The van der Waals surface area contributed by atoms with Crippen LogP contribution in [0.4, 0.5) is 0 Å². The van der Waals surface area contributed by atoms with Gasteiger partial charge in [-0.05, 0) is 50.8 Å². The first-order chi connectivity index (χ1) is 12.4. The third kappa shape index (κ3) is 5.76. The summed E-state index contributed by atoms with van der Waals surface area (Å²) in [5.41, 5.74) is 2.77. The first-order valence-corrected chi connectivity index (χ1v) is 9.12. The Morgan fingerprint density at radius 2 is 1.96 bits per heavy atom. The number of ether oxygens (including phenoxy) is 1. The molecule has 0 aliphatic carbocycles. The number of aryl methyl sites for hydroxylation is 1. The number of esters is 1. The molecule has 1 aromatic heterocycles. The first kappa shape index (κ1) is 21.5. The summed E-state index contributed by atoms with van der Waals surface area (Å²) in [4.78, 5) is 24.0. The molecule has 0 spiro atoms. The van der Waals surface area contributed by atoms with Gasteiger partial charge in [-0.3, -0.25) is 4.79 Å². The van der Waals surface area contributed by atoms with Crippen LogP contribution in [0.3, 0.4) is 0 Å². The van der Waals surface area contributed by atoms with E-state index in [9.17, 15) is 14.9 Å². The van der Waals surface area contributed by atoms with Crippen molar-refractivity contribution in [2.45, 2.75) is 66.5 Å². The molecule has 6 heteroatoms. The average molecular weight is 359 g/mol. The Hall–Kier alpha value is -2.55. The van der Waals surface area contributed by atoms with E-state index in [0.717, 1.165) is 42.8 Å². The molecular formula is C20H29N3O3. The number of nitrogens with one attached hydrogen (secondary N) is 1. The van der Waals surface area contributed by atoms with Crippen molar-refractivity contribution in [2.75, 3.05) is 6.61 Å². The number of hydrogen-bond acceptors (Lipinski definition) is 4. The van der Waals surface area contributed by atoms with Crippen molar-refractivity contribution >= 4 is 18.0 Å². The van der Waals surface area contributed by atoms with E-state index in [1.807, 2.05) is 39.8 Å². The van der Waals surface area contributed by atoms with Crippen molar-refractivity contribution < 1.29 is 14.3 Å². The Kier molecular flexibility index (Phi) is 8.63. The Morgan fingerprint density at radius 1 is 1.31 bits per heavy atom. The lowest BCUT2D eigenvalue weighted by molar-refractivity contribution is -0.144. The number of carbonyl (C=O) groups is 2. The molecule has 0 aliphatic heterocycles. The maximum Gasteiger partial charge on any atom is 0.349 e. The fourth-order valence-electron chi connectivity index (χ4n) is 2.80. The van der Waals surface area contributed by atoms with Gasteiger partial charge in [-0.2, -0.15) is 5.26 Å². The van der Waals surface area contributed by atoms with E-state index in [2.05, 4.69) is 16.8 Å². The molecule has 142 valence electrons. The number of carbonyl (C=O) groups excluding carboxylic acids is 2. The van der Waals surface area contributed by atoms with Crippen molar-refractivity contribution in [2.24, 2.45) is 0 Å². The van der Waals surface area contributed by atoms with Gasteiger partial charge in [0.15, 0.2) is 6.61 Å². The largest absolute Gasteiger partial charge is 0.451 e. The molecule has 0 unspecified atom stereocenters. The molecule has 0 aromatic carbocycles. The van der Waals surface area contributed by atoms with Crippen LogP contribution in [0.25, 0.3) is 6.08 Å². The summed E-state index contributed by atoms with van der Waals surface area (Å²) in [6.45, 7) is 10.5. The molecule has 26 heavy (non-hydrogen) atoms. The van der Waals surface area contributed by atoms with Crippen molar-refractivity contribution in [3.05, 3.63) is 28.6 Å². The van der Waals surface area contributed by atoms with E-state index in [0.29, 0.717) is 0 Å². The van der Waals surface area contributed by atoms with E-state index in [1.54, 1.807) is 0 Å². The number of amides is 1. The second kappa shape index (κ2) is 10.4. The van der Waals surface area contributed by atoms with Gasteiger partial charge in [0.1, 0.15) is 11.6 Å². The Labute approximate surface area is 155 Å². The summed E-state index contributed by atoms with van der Waals surface area (Å²) in [5, 5.41) is 12.1. The summed E-state index contributed by atoms with van der Waals surface area (Å²) >= 11 is 0. The van der Waals surface area contributed by atoms with Crippen molar-refractivity contribution in [1.29, 1.82) is 5.26 Å². The van der Waals surface area contributed by atoms with Gasteiger partial charge in [0.25, 0.3) is 5.91 Å². The highest BCUT2D eigenvalue weighted by Gasteiger charge is 2.16. The van der Waals surface area contributed by atoms with Crippen molar-refractivity contribution in [3.63, 3.8) is 0 Å². The van der Waals surface area contributed by atoms with Gasteiger partial charge >= 0.3 is 5.97 Å². The highest BCUT2D eigenvalue weighted by atomic mass is 16.5. The molecule has 0 saturated carbocycles. The van der Waals surface area contributed by atoms with Crippen LogP contribution in [-0.2, 0) is 20.9 Å². The summed E-state index contributed by atoms with van der Waals surface area (Å²) < 4.78 is 7.14. The van der Waals surface area contributed by atoms with Crippen LogP contribution in [0.1, 0.15) is 57.0 Å². The highest BCUT2D eigenvalue weighted by Crippen LogP contribution is 2.19. The fourth-order valence-corrected chi connectivity index (χ4v) is 2.80. The zero-order chi connectivity index (χ0) is 19.7. The minimum absolute atomic E-state index is 0.0659. The SMILES string of the molecule is CCCn1c(C)cc(/C=C(\C#N)C(=O)OCC(=O)NC(CC)CC)c1C. The molecule has 1 heterocycles. The van der Waals surface area contributed by atoms with Crippen molar-refractivity contribution in [3.8, 4) is 6.07 Å². The second-order valence-corrected chi connectivity index (χ2v) is 6.30. The number of nitrogens with zero attached hydrogens (tertiary/aromatic N) is 2. The van der Waals surface area contributed by atoms with Gasteiger partial charge in [0.05, 0.1) is 0 Å². The van der Waals surface area contributed by atoms with Crippen LogP contribution in [-0.4, -0.2) is 29.1 Å². The van der Waals surface area contributed by atoms with Gasteiger partial charge in [-0.25, -0.2) is 4.79 Å². The lowest BCUT2D eigenvalue weighted by Gasteiger charge is -2.14. The van der Waals surface area contributed by atoms with E-state index < -0.39 is 5.97 Å². The van der Waals surface area contributed by atoms with E-state index in [1.165, 1.54) is 6.08 Å². The van der Waals surface area contributed by atoms with Gasteiger partial charge in [-0.15, -0.1) is 0 Å². The molecule has 1 rings (SSSR count). The lowest BCUT2D eigenvalue weighted by atomic mass is 10.1. The predicted molar refractivity (Wildman–Crippen MR) is 101 cm³/mol. The maximum atomic E-state index is 12.1. The van der Waals surface area contributed by atoms with Crippen molar-refractivity contribution in [1.82, 2.24) is 9.88 Å². The van der Waals surface area contributed by atoms with E-state index in [-0.39, 0.29) is 24.1 Å². The molecule has 0 bridgehead atoms. The highest BCUT2D eigenvalue weighted by molar-refractivity contribution is 5.99. The number of rotatable bonds is 9. The fraction of sp³-hybridized carbons (Fsp3) is 0.550. The molecule has 1 aromatic rings. The summed E-state index contributed by atoms with van der Waals surface area (Å²) in [5.74, 6) is -1.14. The second-order valence-electron chi connectivity index (χ2n) is 6.30. The Bertz CT molecular complexity index is 707. The number of hydrogen-bond donors (Lipinski definition) is 1. The lowest BCUT2D eigenvalue weighted by Crippen LogP contribution is -2.36. The molecule has 0 atom stereocenters. The number of nitriles is 1. The van der Waals surface area contributed by atoms with Crippen LogP contribution in [0.2, 0.25) is 0 Å². The maximum absolute atomic E-state index is 12.1. The molecule has 0 aliphatic rings. The summed E-state index contributed by atoms with van der Waals surface area (Å²) in [6.07, 6.45) is 4.15. The molecule has 1 N–H and O–H groups in total. The number of aromatic nitrogens is 1. The zero-order valence-corrected chi connectivity index (χ0v) is 16.4. The Morgan fingerprint density at radius 3 is 2.50 bits per heavy atom. The third-order valence-electron chi connectivity index (χ3n) is 4.39. The third-order valence-corrected chi connectivity index (χ3v) is 4.39. The van der Waals surface area contributed by atoms with Gasteiger partial charge in [-0.1, -0.05) is 20.8 Å². The van der Waals surface area contributed by atoms with Crippen LogP contribution in [0, 0.1) is 25.2 Å². The first-order valence-electron chi connectivity index (χ1n) is 9.12. The smallest absolute Gasteiger partial charge is 0.349 e. The van der Waals surface area contributed by atoms with E-state index >= 15 is 0 Å². The molecule has 6 nitrogen and oxygen atoms in total. The standard InChI is InChI=1S/C20H29N3O3/c1-6-9-23-14(4)10-16(15(23)5)11-17(12-21)20(25)26-13-19(24)22-18(7-2)8-3/h10-11,18H,6-9,13H2,1-5H3,(H,22,24)/b17-11+. The molecular weight excluding hydrogens is 330 g/mol. The molecule has 0 saturated heterocycles. The Balaban J connectivity index is 2.81. The van der Waals surface area contributed by atoms with Gasteiger partial charge < -0.3 is 14.6 Å². The minimum Gasteiger partial charge on any atom is -0.451 e. The molecule has 1 amide bonds. The zero-order valence-electron chi connectivity index (χ0n) is 16.4. The molecule has 0 fully saturated rings. The van der Waals surface area contributed by atoms with Gasteiger partial charge in [0, 0.05) is 24.0 Å². The quantitative estimate of drug-likeness (QED) is 0.417. The monoisotopic (exact) mass is 359 g/mol. The average Bonchev–Trinajstić information content (AvgIpc) is 2.89. The summed E-state index contributed by atoms with van der Waals surface area (Å²) in [7, 11) is 0. The van der Waals surface area contributed by atoms with E-state index in [4.69, 9.17) is 4.74 Å². The predicted octanol–water partition coefficient (Wildman–Crippen LogP) is 3.27.